The summed E-state index contributed by atoms with van der Waals surface area (Å²) in [6.45, 7) is 2.61. The molecule has 2 aromatic carbocycles. The molecule has 0 aliphatic carbocycles. The van der Waals surface area contributed by atoms with E-state index in [2.05, 4.69) is 42.2 Å². The van der Waals surface area contributed by atoms with Crippen LogP contribution in [0.4, 0.5) is 0 Å². The van der Waals surface area contributed by atoms with E-state index in [0.717, 1.165) is 50.0 Å². The van der Waals surface area contributed by atoms with Crippen LogP contribution in [0.5, 0.6) is 17.4 Å². The number of aromatic hydroxyl groups is 1. The molecule has 30 heavy (non-hydrogen) atoms. The number of rotatable bonds is 8. The fourth-order valence-electron chi connectivity index (χ4n) is 3.86. The molecule has 1 N–H and O–H groups in total. The van der Waals surface area contributed by atoms with Crippen molar-refractivity contribution in [3.63, 3.8) is 0 Å². The molecule has 2 heterocycles. The smallest absolute Gasteiger partial charge is 0.217 e. The highest BCUT2D eigenvalue weighted by atomic mass is 16.5. The summed E-state index contributed by atoms with van der Waals surface area (Å²) in [5.74, 6) is 1.57. The van der Waals surface area contributed by atoms with Crippen LogP contribution in [-0.4, -0.2) is 22.8 Å². The molecule has 0 fully saturated rings. The highest BCUT2D eigenvalue weighted by Crippen LogP contribution is 2.27. The van der Waals surface area contributed by atoms with Gasteiger partial charge in [-0.1, -0.05) is 55.8 Å². The van der Waals surface area contributed by atoms with Crippen LogP contribution in [-0.2, 0) is 25.7 Å². The summed E-state index contributed by atoms with van der Waals surface area (Å²) in [6, 6.07) is 20.2. The molecule has 0 saturated carbocycles. The Labute approximate surface area is 178 Å². The second-order valence-corrected chi connectivity index (χ2v) is 7.92. The lowest BCUT2D eigenvalue weighted by atomic mass is 10.0. The van der Waals surface area contributed by atoms with E-state index in [1.54, 1.807) is 12.1 Å². The summed E-state index contributed by atoms with van der Waals surface area (Å²) < 4.78 is 11.9. The van der Waals surface area contributed by atoms with Gasteiger partial charge >= 0.3 is 0 Å². The summed E-state index contributed by atoms with van der Waals surface area (Å²) in [4.78, 5) is 4.59. The molecule has 0 radical (unpaired) electrons. The monoisotopic (exact) mass is 403 g/mol. The Balaban J connectivity index is 1.33. The van der Waals surface area contributed by atoms with Crippen molar-refractivity contribution in [3.05, 3.63) is 83.0 Å². The minimum absolute atomic E-state index is 0.00543. The predicted molar refractivity (Wildman–Crippen MR) is 118 cm³/mol. The van der Waals surface area contributed by atoms with Crippen LogP contribution >= 0.6 is 0 Å². The van der Waals surface area contributed by atoms with Gasteiger partial charge in [0.2, 0.25) is 5.88 Å². The summed E-state index contributed by atoms with van der Waals surface area (Å²) in [6.07, 6.45) is 5.81. The van der Waals surface area contributed by atoms with E-state index in [4.69, 9.17) is 9.47 Å². The zero-order valence-corrected chi connectivity index (χ0v) is 17.5. The number of nitrogens with zero attached hydrogens (tertiary/aromatic N) is 1. The van der Waals surface area contributed by atoms with Crippen LogP contribution in [0, 0.1) is 0 Å². The largest absolute Gasteiger partial charge is 0.508 e. The molecule has 4 heteroatoms. The normalized spacial score (nSPS) is 15.3. The van der Waals surface area contributed by atoms with Gasteiger partial charge in [-0.05, 0) is 54.9 Å². The molecule has 0 amide bonds. The van der Waals surface area contributed by atoms with Crippen molar-refractivity contribution in [2.45, 2.75) is 51.6 Å². The second kappa shape index (κ2) is 9.66. The van der Waals surface area contributed by atoms with Crippen LogP contribution in [0.1, 0.15) is 42.1 Å². The molecule has 1 aliphatic heterocycles. The minimum atomic E-state index is -0.00543. The zero-order chi connectivity index (χ0) is 20.8. The number of ether oxygens (including phenoxy) is 2. The number of fused-ring (bicyclic) bond motifs is 1. The summed E-state index contributed by atoms with van der Waals surface area (Å²) >= 11 is 0. The molecule has 4 nitrogen and oxygen atoms in total. The van der Waals surface area contributed by atoms with Crippen molar-refractivity contribution in [3.8, 4) is 17.4 Å². The molecule has 1 aliphatic rings. The van der Waals surface area contributed by atoms with Crippen LogP contribution in [0.3, 0.4) is 0 Å². The second-order valence-electron chi connectivity index (χ2n) is 7.92. The predicted octanol–water partition coefficient (Wildman–Crippen LogP) is 5.30. The number of aryl methyl sites for hydroxylation is 4. The zero-order valence-electron chi connectivity index (χ0n) is 17.5. The fraction of sp³-hybridized carbons (Fsp3) is 0.346. The SMILES string of the molecule is CCCc1ccc(CCc2cc(O)cc(OCC3CCc4ccccc4O3)n2)cc1. The number of hydrogen-bond acceptors (Lipinski definition) is 4. The Morgan fingerprint density at radius 2 is 1.77 bits per heavy atom. The lowest BCUT2D eigenvalue weighted by Gasteiger charge is -2.25. The lowest BCUT2D eigenvalue weighted by Crippen LogP contribution is -2.29. The Morgan fingerprint density at radius 1 is 1.00 bits per heavy atom. The maximum Gasteiger partial charge on any atom is 0.217 e. The molecule has 1 atom stereocenters. The van der Waals surface area contributed by atoms with Crippen LogP contribution in [0.15, 0.2) is 60.7 Å². The van der Waals surface area contributed by atoms with Gasteiger partial charge in [-0.3, -0.25) is 0 Å². The van der Waals surface area contributed by atoms with Crippen molar-refractivity contribution in [1.82, 2.24) is 4.98 Å². The van der Waals surface area contributed by atoms with E-state index >= 15 is 0 Å². The van der Waals surface area contributed by atoms with Crippen LogP contribution in [0.25, 0.3) is 0 Å². The molecule has 0 saturated heterocycles. The summed E-state index contributed by atoms with van der Waals surface area (Å²) in [5.41, 5.74) is 4.73. The van der Waals surface area contributed by atoms with E-state index in [9.17, 15) is 5.11 Å². The molecular formula is C26H29NO3. The lowest BCUT2D eigenvalue weighted by molar-refractivity contribution is 0.107. The van der Waals surface area contributed by atoms with Gasteiger partial charge in [0.25, 0.3) is 0 Å². The topological polar surface area (TPSA) is 51.6 Å². The van der Waals surface area contributed by atoms with Gasteiger partial charge < -0.3 is 14.6 Å². The fourth-order valence-corrected chi connectivity index (χ4v) is 3.86. The van der Waals surface area contributed by atoms with E-state index < -0.39 is 0 Å². The van der Waals surface area contributed by atoms with Crippen molar-refractivity contribution in [1.29, 1.82) is 0 Å². The number of aromatic nitrogens is 1. The summed E-state index contributed by atoms with van der Waals surface area (Å²) in [5, 5.41) is 10.1. The van der Waals surface area contributed by atoms with Crippen molar-refractivity contribution >= 4 is 0 Å². The van der Waals surface area contributed by atoms with Crippen LogP contribution in [0.2, 0.25) is 0 Å². The molecule has 156 valence electrons. The van der Waals surface area contributed by atoms with E-state index in [1.807, 2.05) is 18.2 Å². The van der Waals surface area contributed by atoms with Gasteiger partial charge in [0, 0.05) is 17.8 Å². The molecule has 0 spiro atoms. The molecule has 3 aromatic rings. The Bertz CT molecular complexity index is 968. The number of para-hydroxylation sites is 1. The Morgan fingerprint density at radius 3 is 2.57 bits per heavy atom. The first kappa shape index (κ1) is 20.3. The van der Waals surface area contributed by atoms with E-state index in [-0.39, 0.29) is 11.9 Å². The highest BCUT2D eigenvalue weighted by Gasteiger charge is 2.20. The van der Waals surface area contributed by atoms with Crippen LogP contribution < -0.4 is 9.47 Å². The first-order chi connectivity index (χ1) is 14.7. The summed E-state index contributed by atoms with van der Waals surface area (Å²) in [7, 11) is 0. The standard InChI is InChI=1S/C26H29NO3/c1-2-5-19-8-10-20(11-9-19)12-14-22-16-23(28)17-26(27-22)29-18-24-15-13-21-6-3-4-7-25(21)30-24/h3-4,6-11,16-17,24H,2,5,12-15,18H2,1H3,(H,27,28). The number of pyridine rings is 1. The quantitative estimate of drug-likeness (QED) is 0.555. The van der Waals surface area contributed by atoms with Gasteiger partial charge in [-0.15, -0.1) is 0 Å². The number of hydrogen-bond donors (Lipinski definition) is 1. The minimum Gasteiger partial charge on any atom is -0.508 e. The maximum atomic E-state index is 10.1. The van der Waals surface area contributed by atoms with Crippen molar-refractivity contribution < 1.29 is 14.6 Å². The Kier molecular flexibility index (Phi) is 6.53. The third-order valence-electron chi connectivity index (χ3n) is 5.49. The maximum absolute atomic E-state index is 10.1. The first-order valence-corrected chi connectivity index (χ1v) is 10.8. The van der Waals surface area contributed by atoms with Gasteiger partial charge in [0.1, 0.15) is 24.2 Å². The van der Waals surface area contributed by atoms with E-state index in [0.29, 0.717) is 12.5 Å². The number of benzene rings is 2. The molecule has 1 aromatic heterocycles. The van der Waals surface area contributed by atoms with Crippen molar-refractivity contribution in [2.24, 2.45) is 0 Å². The molecule has 0 bridgehead atoms. The van der Waals surface area contributed by atoms with E-state index in [1.165, 1.54) is 16.7 Å². The van der Waals surface area contributed by atoms with Gasteiger partial charge in [0.05, 0.1) is 0 Å². The molecule has 1 unspecified atom stereocenters. The third-order valence-corrected chi connectivity index (χ3v) is 5.49. The van der Waals surface area contributed by atoms with Crippen molar-refractivity contribution in [2.75, 3.05) is 6.61 Å². The average Bonchev–Trinajstić information content (AvgIpc) is 2.77. The average molecular weight is 404 g/mol. The Hall–Kier alpha value is -3.01. The van der Waals surface area contributed by atoms with Gasteiger partial charge in [0.15, 0.2) is 0 Å². The highest BCUT2D eigenvalue weighted by molar-refractivity contribution is 5.35. The first-order valence-electron chi connectivity index (χ1n) is 10.8. The van der Waals surface area contributed by atoms with Gasteiger partial charge in [-0.2, -0.15) is 0 Å². The molecule has 4 rings (SSSR count). The van der Waals surface area contributed by atoms with Gasteiger partial charge in [-0.25, -0.2) is 4.98 Å². The molecular weight excluding hydrogens is 374 g/mol. The third kappa shape index (κ3) is 5.32.